The van der Waals surface area contributed by atoms with Gasteiger partial charge in [-0.15, -0.1) is 0 Å². The first-order chi connectivity index (χ1) is 13.5. The Balaban J connectivity index is 1.53. The van der Waals surface area contributed by atoms with Crippen molar-refractivity contribution in [3.8, 4) is 0 Å². The number of halogens is 1. The fourth-order valence-corrected chi connectivity index (χ4v) is 3.28. The highest BCUT2D eigenvalue weighted by molar-refractivity contribution is 5.95. The number of hydrogen-bond donors (Lipinski definition) is 1. The summed E-state index contributed by atoms with van der Waals surface area (Å²) in [5.74, 6) is -0.810. The van der Waals surface area contributed by atoms with Crippen LogP contribution in [-0.4, -0.2) is 56.6 Å². The normalized spacial score (nSPS) is 15.0. The van der Waals surface area contributed by atoms with E-state index < -0.39 is 5.97 Å². The number of rotatable bonds is 5. The molecule has 0 saturated carbocycles. The van der Waals surface area contributed by atoms with Crippen LogP contribution in [0.1, 0.15) is 16.8 Å². The van der Waals surface area contributed by atoms with E-state index in [4.69, 9.17) is 4.74 Å². The molecule has 0 unspecified atom stereocenters. The Kier molecular flexibility index (Phi) is 6.60. The van der Waals surface area contributed by atoms with Gasteiger partial charge in [-0.05, 0) is 48.9 Å². The first kappa shape index (κ1) is 19.8. The summed E-state index contributed by atoms with van der Waals surface area (Å²) in [4.78, 5) is 28.3. The summed E-state index contributed by atoms with van der Waals surface area (Å²) in [7, 11) is 1.32. The van der Waals surface area contributed by atoms with E-state index in [1.165, 1.54) is 19.2 Å². The van der Waals surface area contributed by atoms with Crippen LogP contribution in [0.4, 0.5) is 15.8 Å². The van der Waals surface area contributed by atoms with Crippen LogP contribution < -0.4 is 10.2 Å². The van der Waals surface area contributed by atoms with Crippen LogP contribution >= 0.6 is 0 Å². The zero-order valence-electron chi connectivity index (χ0n) is 15.9. The van der Waals surface area contributed by atoms with Crippen LogP contribution in [-0.2, 0) is 9.53 Å². The topological polar surface area (TPSA) is 61.9 Å². The van der Waals surface area contributed by atoms with E-state index in [9.17, 15) is 14.0 Å². The summed E-state index contributed by atoms with van der Waals surface area (Å²) in [6.45, 7) is 3.47. The van der Waals surface area contributed by atoms with Crippen LogP contribution in [0.25, 0.3) is 0 Å². The average molecular weight is 385 g/mol. The zero-order valence-corrected chi connectivity index (χ0v) is 15.9. The van der Waals surface area contributed by atoms with Gasteiger partial charge in [0.05, 0.1) is 19.2 Å². The SMILES string of the molecule is COC(=O)c1cccc(NC(=O)CN2CCCN(c3ccc(F)cc3)CC2)c1. The third kappa shape index (κ3) is 5.29. The molecule has 1 aliphatic heterocycles. The summed E-state index contributed by atoms with van der Waals surface area (Å²) in [6, 6.07) is 13.2. The number of methoxy groups -OCH3 is 1. The molecule has 0 aromatic heterocycles. The van der Waals surface area contributed by atoms with Crippen LogP contribution in [0, 0.1) is 5.82 Å². The molecule has 6 nitrogen and oxygen atoms in total. The summed E-state index contributed by atoms with van der Waals surface area (Å²) in [5.41, 5.74) is 1.95. The predicted octanol–water partition coefficient (Wildman–Crippen LogP) is 2.76. The maximum atomic E-state index is 13.1. The molecule has 1 saturated heterocycles. The van der Waals surface area contributed by atoms with Gasteiger partial charge in [-0.25, -0.2) is 9.18 Å². The molecule has 2 aromatic carbocycles. The highest BCUT2D eigenvalue weighted by Crippen LogP contribution is 2.17. The summed E-state index contributed by atoms with van der Waals surface area (Å²) in [6.07, 6.45) is 0.919. The van der Waals surface area contributed by atoms with E-state index in [1.54, 1.807) is 36.4 Å². The number of anilines is 2. The average Bonchev–Trinajstić information content (AvgIpc) is 2.93. The van der Waals surface area contributed by atoms with Crippen LogP contribution in [0.2, 0.25) is 0 Å². The Morgan fingerprint density at radius 2 is 1.86 bits per heavy atom. The fraction of sp³-hybridized carbons (Fsp3) is 0.333. The summed E-state index contributed by atoms with van der Waals surface area (Å²) in [5, 5.41) is 2.83. The standard InChI is InChI=1S/C21H24FN3O3/c1-28-21(27)16-4-2-5-18(14-16)23-20(26)15-24-10-3-11-25(13-12-24)19-8-6-17(22)7-9-19/h2,4-9,14H,3,10-13,15H2,1H3,(H,23,26). The molecule has 7 heteroatoms. The van der Waals surface area contributed by atoms with Crippen molar-refractivity contribution in [3.05, 3.63) is 59.9 Å². The van der Waals surface area contributed by atoms with Crippen molar-refractivity contribution in [2.75, 3.05) is 50.1 Å². The van der Waals surface area contributed by atoms with Gasteiger partial charge in [0.2, 0.25) is 5.91 Å². The van der Waals surface area contributed by atoms with E-state index in [0.29, 0.717) is 11.3 Å². The van der Waals surface area contributed by atoms with E-state index in [-0.39, 0.29) is 18.3 Å². The first-order valence-corrected chi connectivity index (χ1v) is 9.26. The van der Waals surface area contributed by atoms with Gasteiger partial charge in [0, 0.05) is 37.6 Å². The second-order valence-corrected chi connectivity index (χ2v) is 6.71. The van der Waals surface area contributed by atoms with Gasteiger partial charge in [0.25, 0.3) is 0 Å². The maximum Gasteiger partial charge on any atom is 0.337 e. The Morgan fingerprint density at radius 3 is 2.61 bits per heavy atom. The lowest BCUT2D eigenvalue weighted by Crippen LogP contribution is -2.36. The van der Waals surface area contributed by atoms with Crippen molar-refractivity contribution in [1.82, 2.24) is 4.90 Å². The summed E-state index contributed by atoms with van der Waals surface area (Å²) < 4.78 is 17.8. The molecular formula is C21H24FN3O3. The van der Waals surface area contributed by atoms with E-state index in [1.807, 2.05) is 0 Å². The van der Waals surface area contributed by atoms with Gasteiger partial charge in [0.15, 0.2) is 0 Å². The number of esters is 1. The number of hydrogen-bond acceptors (Lipinski definition) is 5. The molecule has 1 aliphatic rings. The minimum absolute atomic E-state index is 0.128. The van der Waals surface area contributed by atoms with E-state index in [2.05, 4.69) is 15.1 Å². The third-order valence-corrected chi connectivity index (χ3v) is 4.71. The van der Waals surface area contributed by atoms with Crippen molar-refractivity contribution in [2.45, 2.75) is 6.42 Å². The minimum atomic E-state index is -0.440. The van der Waals surface area contributed by atoms with Crippen molar-refractivity contribution in [1.29, 1.82) is 0 Å². The molecule has 1 amide bonds. The zero-order chi connectivity index (χ0) is 19.9. The molecule has 1 fully saturated rings. The molecule has 1 heterocycles. The monoisotopic (exact) mass is 385 g/mol. The molecule has 0 atom stereocenters. The number of ether oxygens (including phenoxy) is 1. The summed E-state index contributed by atoms with van der Waals surface area (Å²) >= 11 is 0. The van der Waals surface area contributed by atoms with Crippen LogP contribution in [0.3, 0.4) is 0 Å². The van der Waals surface area contributed by atoms with Gasteiger partial charge in [-0.3, -0.25) is 9.69 Å². The van der Waals surface area contributed by atoms with Crippen LogP contribution in [0.15, 0.2) is 48.5 Å². The number of nitrogens with one attached hydrogen (secondary N) is 1. The van der Waals surface area contributed by atoms with E-state index in [0.717, 1.165) is 38.3 Å². The van der Waals surface area contributed by atoms with Gasteiger partial charge < -0.3 is 15.0 Å². The molecule has 2 aromatic rings. The molecule has 0 bridgehead atoms. The number of carbonyl (C=O) groups is 2. The number of carbonyl (C=O) groups excluding carboxylic acids is 2. The highest BCUT2D eigenvalue weighted by atomic mass is 19.1. The molecule has 0 radical (unpaired) electrons. The second-order valence-electron chi connectivity index (χ2n) is 6.71. The Morgan fingerprint density at radius 1 is 1.07 bits per heavy atom. The number of amides is 1. The first-order valence-electron chi connectivity index (χ1n) is 9.26. The molecule has 28 heavy (non-hydrogen) atoms. The fourth-order valence-electron chi connectivity index (χ4n) is 3.28. The van der Waals surface area contributed by atoms with E-state index >= 15 is 0 Å². The largest absolute Gasteiger partial charge is 0.465 e. The Hall–Kier alpha value is -2.93. The van der Waals surface area contributed by atoms with Crippen molar-refractivity contribution in [3.63, 3.8) is 0 Å². The maximum absolute atomic E-state index is 13.1. The van der Waals surface area contributed by atoms with Crippen molar-refractivity contribution in [2.24, 2.45) is 0 Å². The van der Waals surface area contributed by atoms with Crippen molar-refractivity contribution >= 4 is 23.3 Å². The lowest BCUT2D eigenvalue weighted by Gasteiger charge is -2.23. The smallest absolute Gasteiger partial charge is 0.337 e. The molecule has 1 N–H and O–H groups in total. The van der Waals surface area contributed by atoms with Crippen molar-refractivity contribution < 1.29 is 18.7 Å². The van der Waals surface area contributed by atoms with Gasteiger partial charge in [-0.2, -0.15) is 0 Å². The highest BCUT2D eigenvalue weighted by Gasteiger charge is 2.18. The molecule has 0 spiro atoms. The molecule has 148 valence electrons. The predicted molar refractivity (Wildman–Crippen MR) is 106 cm³/mol. The lowest BCUT2D eigenvalue weighted by atomic mass is 10.2. The molecular weight excluding hydrogens is 361 g/mol. The van der Waals surface area contributed by atoms with Crippen LogP contribution in [0.5, 0.6) is 0 Å². The van der Waals surface area contributed by atoms with Gasteiger partial charge in [-0.1, -0.05) is 6.07 Å². The second kappa shape index (κ2) is 9.32. The Labute approximate surface area is 163 Å². The number of benzene rings is 2. The molecule has 3 rings (SSSR count). The van der Waals surface area contributed by atoms with Gasteiger partial charge >= 0.3 is 5.97 Å². The quantitative estimate of drug-likeness (QED) is 0.802. The molecule has 0 aliphatic carbocycles. The minimum Gasteiger partial charge on any atom is -0.465 e. The third-order valence-electron chi connectivity index (χ3n) is 4.71. The van der Waals surface area contributed by atoms with Gasteiger partial charge in [0.1, 0.15) is 5.82 Å². The lowest BCUT2D eigenvalue weighted by molar-refractivity contribution is -0.117. The Bertz CT molecular complexity index is 826. The number of nitrogens with zero attached hydrogens (tertiary/aromatic N) is 2.